The summed E-state index contributed by atoms with van der Waals surface area (Å²) in [6.07, 6.45) is 13.2. The first-order valence-corrected chi connectivity index (χ1v) is 9.69. The standard InChI is InChI=1S/C19H35NO5.Mg.2H/c1-2-3-4-5-6-7-8-9-10-11-12-13-17(21)25-18(22)15-14-16(20)19(23)24;;;/h16H,2-15,20H2,1H3,(H,23,24);;;/t16-;;;/m0.../s1. The molecule has 0 unspecified atom stereocenters. The maximum atomic E-state index is 11.5. The van der Waals surface area contributed by atoms with Crippen LogP contribution in [0.2, 0.25) is 0 Å². The van der Waals surface area contributed by atoms with Gasteiger partial charge in [-0.3, -0.25) is 14.4 Å². The lowest BCUT2D eigenvalue weighted by molar-refractivity contribution is -0.159. The quantitative estimate of drug-likeness (QED) is 0.183. The van der Waals surface area contributed by atoms with E-state index < -0.39 is 23.9 Å². The van der Waals surface area contributed by atoms with Crippen LogP contribution in [0.4, 0.5) is 0 Å². The predicted molar refractivity (Wildman–Crippen MR) is 106 cm³/mol. The summed E-state index contributed by atoms with van der Waals surface area (Å²) in [6, 6.07) is -1.10. The van der Waals surface area contributed by atoms with Crippen LogP contribution in [0.5, 0.6) is 0 Å². The van der Waals surface area contributed by atoms with Gasteiger partial charge < -0.3 is 15.6 Å². The zero-order valence-electron chi connectivity index (χ0n) is 15.6. The summed E-state index contributed by atoms with van der Waals surface area (Å²) in [6.45, 7) is 2.22. The molecule has 0 rings (SSSR count). The number of carbonyl (C=O) groups is 3. The minimum Gasteiger partial charge on any atom is -0.480 e. The van der Waals surface area contributed by atoms with Gasteiger partial charge >= 0.3 is 41.0 Å². The molecule has 0 aliphatic rings. The van der Waals surface area contributed by atoms with E-state index in [0.29, 0.717) is 0 Å². The number of ether oxygens (including phenoxy) is 1. The summed E-state index contributed by atoms with van der Waals surface area (Å²) in [5.41, 5.74) is 5.28. The van der Waals surface area contributed by atoms with Crippen molar-refractivity contribution < 1.29 is 24.2 Å². The van der Waals surface area contributed by atoms with Crippen molar-refractivity contribution in [2.24, 2.45) is 5.73 Å². The molecule has 0 amide bonds. The Morgan fingerprint density at radius 1 is 0.808 bits per heavy atom. The molecule has 0 spiro atoms. The molecule has 3 N–H and O–H groups in total. The summed E-state index contributed by atoms with van der Waals surface area (Å²) < 4.78 is 4.65. The van der Waals surface area contributed by atoms with Gasteiger partial charge in [-0.2, -0.15) is 0 Å². The molecule has 6 nitrogen and oxygen atoms in total. The van der Waals surface area contributed by atoms with Crippen LogP contribution in [0.25, 0.3) is 0 Å². The molecule has 0 fully saturated rings. The third kappa shape index (κ3) is 18.1. The van der Waals surface area contributed by atoms with E-state index >= 15 is 0 Å². The number of hydrogen-bond donors (Lipinski definition) is 2. The summed E-state index contributed by atoms with van der Waals surface area (Å²) in [5.74, 6) is -2.41. The second kappa shape index (κ2) is 19.1. The van der Waals surface area contributed by atoms with Crippen LogP contribution in [-0.4, -0.2) is 52.1 Å². The number of unbranched alkanes of at least 4 members (excludes halogenated alkanes) is 10. The van der Waals surface area contributed by atoms with Gasteiger partial charge in [-0.15, -0.1) is 0 Å². The second-order valence-electron chi connectivity index (χ2n) is 6.62. The third-order valence-corrected chi connectivity index (χ3v) is 4.19. The molecule has 0 aromatic heterocycles. The van der Waals surface area contributed by atoms with Crippen molar-refractivity contribution in [1.29, 1.82) is 0 Å². The third-order valence-electron chi connectivity index (χ3n) is 4.19. The van der Waals surface area contributed by atoms with Gasteiger partial charge in [0.15, 0.2) is 0 Å². The Kier molecular flexibility index (Phi) is 20.2. The number of carbonyl (C=O) groups excluding carboxylic acids is 2. The fraction of sp³-hybridized carbons (Fsp3) is 0.842. The van der Waals surface area contributed by atoms with Crippen LogP contribution in [-0.2, 0) is 19.1 Å². The van der Waals surface area contributed by atoms with Crippen LogP contribution in [0.15, 0.2) is 0 Å². The molecule has 0 saturated carbocycles. The van der Waals surface area contributed by atoms with E-state index in [9.17, 15) is 14.4 Å². The highest BCUT2D eigenvalue weighted by atomic mass is 24.3. The van der Waals surface area contributed by atoms with Gasteiger partial charge in [-0.1, -0.05) is 71.1 Å². The maximum Gasteiger partial charge on any atom is 0.320 e. The fourth-order valence-corrected chi connectivity index (χ4v) is 2.56. The largest absolute Gasteiger partial charge is 0.480 e. The van der Waals surface area contributed by atoms with E-state index in [0.717, 1.165) is 19.3 Å². The van der Waals surface area contributed by atoms with Crippen molar-refractivity contribution in [3.63, 3.8) is 0 Å². The SMILES string of the molecule is CCCCCCCCCCCCCC(=O)OC(=O)CC[C@H](N)C(=O)O.[MgH2]. The van der Waals surface area contributed by atoms with Gasteiger partial charge in [-0.05, 0) is 12.8 Å². The molecule has 0 aliphatic carbocycles. The van der Waals surface area contributed by atoms with Gasteiger partial charge in [0.25, 0.3) is 0 Å². The smallest absolute Gasteiger partial charge is 0.320 e. The van der Waals surface area contributed by atoms with Crippen molar-refractivity contribution in [3.05, 3.63) is 0 Å². The number of esters is 2. The number of aliphatic carboxylic acids is 1. The van der Waals surface area contributed by atoms with E-state index in [2.05, 4.69) is 11.7 Å². The van der Waals surface area contributed by atoms with Crippen LogP contribution in [0.1, 0.15) is 96.8 Å². The van der Waals surface area contributed by atoms with E-state index in [-0.39, 0.29) is 42.3 Å². The Hall–Kier alpha value is -0.664. The minimum absolute atomic E-state index is 0. The van der Waals surface area contributed by atoms with Crippen molar-refractivity contribution in [1.82, 2.24) is 0 Å². The molecule has 150 valence electrons. The lowest BCUT2D eigenvalue weighted by Crippen LogP contribution is -2.30. The van der Waals surface area contributed by atoms with Crippen LogP contribution in [0, 0.1) is 0 Å². The fourth-order valence-electron chi connectivity index (χ4n) is 2.56. The number of carboxylic acid groups (broad SMARTS) is 1. The molecule has 0 aromatic carbocycles. The van der Waals surface area contributed by atoms with Crippen molar-refractivity contribution in [2.75, 3.05) is 0 Å². The lowest BCUT2D eigenvalue weighted by atomic mass is 10.1. The highest BCUT2D eigenvalue weighted by molar-refractivity contribution is 5.85. The number of nitrogens with two attached hydrogens (primary N) is 1. The molecule has 0 bridgehead atoms. The van der Waals surface area contributed by atoms with Gasteiger partial charge in [0.05, 0.1) is 0 Å². The average Bonchev–Trinajstić information content (AvgIpc) is 2.57. The Morgan fingerprint density at radius 3 is 1.69 bits per heavy atom. The first-order chi connectivity index (χ1) is 12.0. The van der Waals surface area contributed by atoms with Crippen LogP contribution < -0.4 is 5.73 Å². The molecule has 0 aromatic rings. The van der Waals surface area contributed by atoms with Gasteiger partial charge in [-0.25, -0.2) is 0 Å². The van der Waals surface area contributed by atoms with Crippen molar-refractivity contribution in [2.45, 2.75) is 103 Å². The highest BCUT2D eigenvalue weighted by Gasteiger charge is 2.16. The Labute approximate surface area is 173 Å². The van der Waals surface area contributed by atoms with Crippen molar-refractivity contribution >= 4 is 41.0 Å². The second-order valence-corrected chi connectivity index (χ2v) is 6.62. The van der Waals surface area contributed by atoms with Crippen LogP contribution in [0.3, 0.4) is 0 Å². The number of rotatable bonds is 16. The molecular weight excluding hydrogens is 347 g/mol. The monoisotopic (exact) mass is 383 g/mol. The Balaban J connectivity index is 0. The molecular formula is C19H37MgNO5. The normalized spacial score (nSPS) is 11.5. The minimum atomic E-state index is -1.17. The summed E-state index contributed by atoms with van der Waals surface area (Å²) in [4.78, 5) is 33.4. The van der Waals surface area contributed by atoms with E-state index in [1.807, 2.05) is 0 Å². The summed E-state index contributed by atoms with van der Waals surface area (Å²) in [5, 5.41) is 8.60. The topological polar surface area (TPSA) is 107 Å². The first kappa shape index (κ1) is 27.6. The summed E-state index contributed by atoms with van der Waals surface area (Å²) in [7, 11) is 0. The molecule has 0 heterocycles. The van der Waals surface area contributed by atoms with E-state index in [1.165, 1.54) is 51.4 Å². The van der Waals surface area contributed by atoms with Crippen LogP contribution >= 0.6 is 0 Å². The number of carboxylic acids is 1. The lowest BCUT2D eigenvalue weighted by Gasteiger charge is -2.06. The maximum absolute atomic E-state index is 11.5. The number of hydrogen-bond acceptors (Lipinski definition) is 5. The Morgan fingerprint density at radius 2 is 1.23 bits per heavy atom. The Bertz CT molecular complexity index is 390. The average molecular weight is 384 g/mol. The molecule has 1 atom stereocenters. The summed E-state index contributed by atoms with van der Waals surface area (Å²) >= 11 is 0. The highest BCUT2D eigenvalue weighted by Crippen LogP contribution is 2.12. The molecule has 0 radical (unpaired) electrons. The molecule has 0 saturated heterocycles. The zero-order chi connectivity index (χ0) is 18.9. The van der Waals surface area contributed by atoms with Gasteiger partial charge in [0.2, 0.25) is 0 Å². The zero-order valence-corrected chi connectivity index (χ0v) is 15.6. The molecule has 26 heavy (non-hydrogen) atoms. The van der Waals surface area contributed by atoms with E-state index in [4.69, 9.17) is 10.8 Å². The van der Waals surface area contributed by atoms with Gasteiger partial charge in [0.1, 0.15) is 6.04 Å². The van der Waals surface area contributed by atoms with E-state index in [1.54, 1.807) is 0 Å². The molecule has 7 heteroatoms. The predicted octanol–water partition coefficient (Wildman–Crippen LogP) is 3.03. The van der Waals surface area contributed by atoms with Gasteiger partial charge in [0, 0.05) is 12.8 Å². The van der Waals surface area contributed by atoms with Crippen molar-refractivity contribution in [3.8, 4) is 0 Å². The first-order valence-electron chi connectivity index (χ1n) is 9.69. The molecule has 0 aliphatic heterocycles.